The second kappa shape index (κ2) is 7.11. The molecule has 158 valence electrons. The number of nitrogens with zero attached hydrogens (tertiary/aromatic N) is 4. The third-order valence-electron chi connectivity index (χ3n) is 4.94. The molecule has 30 heavy (non-hydrogen) atoms. The molecule has 0 unspecified atom stereocenters. The first-order valence-electron chi connectivity index (χ1n) is 8.92. The monoisotopic (exact) mass is 424 g/mol. The smallest absolute Gasteiger partial charge is 0.280 e. The van der Waals surface area contributed by atoms with Crippen LogP contribution < -0.4 is 15.5 Å². The Kier molecular flexibility index (Phi) is 4.71. The van der Waals surface area contributed by atoms with Crippen LogP contribution in [-0.4, -0.2) is 59.2 Å². The largest absolute Gasteiger partial charge is 0.348 e. The Morgan fingerprint density at radius 3 is 2.47 bits per heavy atom. The number of aryl methyl sites for hydroxylation is 1. The van der Waals surface area contributed by atoms with Crippen molar-refractivity contribution in [2.45, 2.75) is 19.3 Å². The molecule has 2 N–H and O–H groups in total. The molecule has 12 heteroatoms. The molecule has 2 aromatic rings. The van der Waals surface area contributed by atoms with Gasteiger partial charge in [-0.15, -0.1) is 0 Å². The van der Waals surface area contributed by atoms with Crippen molar-refractivity contribution in [3.63, 3.8) is 0 Å². The zero-order valence-electron chi connectivity index (χ0n) is 15.8. The van der Waals surface area contributed by atoms with Crippen molar-refractivity contribution in [1.82, 2.24) is 14.9 Å². The minimum atomic E-state index is -1.88. The maximum absolute atomic E-state index is 13.9. The third kappa shape index (κ3) is 3.27. The van der Waals surface area contributed by atoms with Crippen LogP contribution in [0.3, 0.4) is 0 Å². The normalized spacial score (nSPS) is 18.6. The number of likely N-dealkylation sites (tertiary alicyclic amines) is 1. The van der Waals surface area contributed by atoms with E-state index < -0.39 is 35.6 Å². The summed E-state index contributed by atoms with van der Waals surface area (Å²) in [5.41, 5.74) is 0.448. The predicted octanol–water partition coefficient (Wildman–Crippen LogP) is 1.82. The number of hydrogen-bond acceptors (Lipinski definition) is 6. The maximum Gasteiger partial charge on any atom is 0.280 e. The molecule has 0 spiro atoms. The second-order valence-electron chi connectivity index (χ2n) is 7.07. The van der Waals surface area contributed by atoms with E-state index in [0.717, 1.165) is 4.90 Å². The summed E-state index contributed by atoms with van der Waals surface area (Å²) in [5, 5.41) is 5.42. The van der Waals surface area contributed by atoms with Crippen molar-refractivity contribution in [2.24, 2.45) is 0 Å². The van der Waals surface area contributed by atoms with E-state index in [4.69, 9.17) is 0 Å². The van der Waals surface area contributed by atoms with Gasteiger partial charge < -0.3 is 20.4 Å². The Balaban J connectivity index is 1.44. The second-order valence-corrected chi connectivity index (χ2v) is 7.07. The van der Waals surface area contributed by atoms with Gasteiger partial charge in [-0.3, -0.25) is 9.59 Å². The fraction of sp³-hybridized carbons (Fsp3) is 0.333. The van der Waals surface area contributed by atoms with E-state index in [1.54, 1.807) is 6.92 Å². The van der Waals surface area contributed by atoms with E-state index in [-0.39, 0.29) is 36.5 Å². The molecular formula is C18H16F4N6O2. The lowest BCUT2D eigenvalue weighted by molar-refractivity contribution is -0.121. The van der Waals surface area contributed by atoms with E-state index in [1.165, 1.54) is 11.9 Å². The lowest BCUT2D eigenvalue weighted by Gasteiger charge is -2.40. The molecule has 2 amide bonds. The molecule has 1 fully saturated rings. The maximum atomic E-state index is 13.9. The van der Waals surface area contributed by atoms with Crippen LogP contribution in [0.1, 0.15) is 16.1 Å². The standard InChI is InChI=1S/C18H16F4N6O2/c1-7-13-15(27(2)14(22)16(29)25-13)26-18(23-7)24-9-5-28(6-9)17(30)8-3-10(19)12(21)11(20)4-8/h3-4,9,14H,5-6H2,1-2H3,(H,25,29)(H,23,24,26)/t14-/m1/s1. The van der Waals surface area contributed by atoms with E-state index in [9.17, 15) is 27.2 Å². The van der Waals surface area contributed by atoms with Crippen LogP contribution in [0.4, 0.5) is 35.0 Å². The number of likely N-dealkylation sites (N-methyl/N-ethyl adjacent to an activating group) is 1. The number of benzene rings is 1. The summed E-state index contributed by atoms with van der Waals surface area (Å²) < 4.78 is 53.7. The fourth-order valence-electron chi connectivity index (χ4n) is 3.27. The number of amides is 2. The van der Waals surface area contributed by atoms with Crippen molar-refractivity contribution in [2.75, 3.05) is 35.7 Å². The van der Waals surface area contributed by atoms with Gasteiger partial charge in [0.05, 0.1) is 11.7 Å². The van der Waals surface area contributed by atoms with Crippen LogP contribution in [0.5, 0.6) is 0 Å². The quantitative estimate of drug-likeness (QED) is 0.444. The number of nitrogens with one attached hydrogen (secondary N) is 2. The summed E-state index contributed by atoms with van der Waals surface area (Å²) in [5.74, 6) is -5.57. The summed E-state index contributed by atoms with van der Waals surface area (Å²) in [7, 11) is 1.39. The first-order valence-corrected chi connectivity index (χ1v) is 8.92. The molecule has 3 heterocycles. The highest BCUT2D eigenvalue weighted by Crippen LogP contribution is 2.33. The van der Waals surface area contributed by atoms with E-state index in [1.807, 2.05) is 0 Å². The van der Waals surface area contributed by atoms with Gasteiger partial charge in [-0.25, -0.2) is 22.5 Å². The number of carbonyl (C=O) groups is 2. The lowest BCUT2D eigenvalue weighted by Crippen LogP contribution is -2.57. The number of alkyl halides is 1. The lowest BCUT2D eigenvalue weighted by atomic mass is 10.1. The van der Waals surface area contributed by atoms with Gasteiger partial charge in [-0.1, -0.05) is 0 Å². The number of fused-ring (bicyclic) bond motifs is 1. The third-order valence-corrected chi connectivity index (χ3v) is 4.94. The number of anilines is 3. The minimum Gasteiger partial charge on any atom is -0.348 e. The van der Waals surface area contributed by atoms with Gasteiger partial charge in [-0.05, 0) is 19.1 Å². The topological polar surface area (TPSA) is 90.5 Å². The van der Waals surface area contributed by atoms with E-state index in [2.05, 4.69) is 20.6 Å². The predicted molar refractivity (Wildman–Crippen MR) is 98.3 cm³/mol. The minimum absolute atomic E-state index is 0.178. The molecule has 0 saturated carbocycles. The Morgan fingerprint density at radius 2 is 1.83 bits per heavy atom. The Morgan fingerprint density at radius 1 is 1.20 bits per heavy atom. The molecule has 1 aromatic heterocycles. The SMILES string of the molecule is Cc1nc(NC2CN(C(=O)c3cc(F)c(F)c(F)c3)C2)nc2c1NC(=O)[C@H](F)N2C. The molecule has 0 bridgehead atoms. The highest BCUT2D eigenvalue weighted by Gasteiger charge is 2.35. The average molecular weight is 424 g/mol. The van der Waals surface area contributed by atoms with Crippen LogP contribution in [0, 0.1) is 24.4 Å². The average Bonchev–Trinajstić information content (AvgIpc) is 2.67. The van der Waals surface area contributed by atoms with Gasteiger partial charge in [-0.2, -0.15) is 4.98 Å². The Bertz CT molecular complexity index is 1040. The molecule has 1 atom stereocenters. The van der Waals surface area contributed by atoms with Crippen molar-refractivity contribution in [3.8, 4) is 0 Å². The summed E-state index contributed by atoms with van der Waals surface area (Å²) in [6.07, 6.45) is -1.88. The molecule has 2 aliphatic rings. The van der Waals surface area contributed by atoms with E-state index in [0.29, 0.717) is 23.5 Å². The number of rotatable bonds is 3. The van der Waals surface area contributed by atoms with Crippen LogP contribution >= 0.6 is 0 Å². The molecule has 1 saturated heterocycles. The van der Waals surface area contributed by atoms with Crippen molar-refractivity contribution >= 4 is 29.3 Å². The molecule has 0 aliphatic carbocycles. The zero-order chi connectivity index (χ0) is 21.7. The van der Waals surface area contributed by atoms with Gasteiger partial charge in [0, 0.05) is 25.7 Å². The van der Waals surface area contributed by atoms with Gasteiger partial charge in [0.25, 0.3) is 18.1 Å². The Labute approximate surface area is 167 Å². The number of aromatic nitrogens is 2. The summed E-state index contributed by atoms with van der Waals surface area (Å²) in [6.45, 7) is 2.01. The number of hydrogen-bond donors (Lipinski definition) is 2. The molecule has 4 rings (SSSR count). The summed E-state index contributed by atoms with van der Waals surface area (Å²) in [4.78, 5) is 34.8. The molecule has 2 aliphatic heterocycles. The Hall–Kier alpha value is -3.44. The van der Waals surface area contributed by atoms with Crippen LogP contribution in [-0.2, 0) is 4.79 Å². The van der Waals surface area contributed by atoms with Crippen LogP contribution in [0.15, 0.2) is 12.1 Å². The highest BCUT2D eigenvalue weighted by atomic mass is 19.2. The van der Waals surface area contributed by atoms with Gasteiger partial charge in [0.1, 0.15) is 5.69 Å². The van der Waals surface area contributed by atoms with Crippen molar-refractivity contribution in [3.05, 3.63) is 40.8 Å². The van der Waals surface area contributed by atoms with Gasteiger partial charge >= 0.3 is 0 Å². The van der Waals surface area contributed by atoms with Gasteiger partial charge in [0.2, 0.25) is 5.95 Å². The molecule has 8 nitrogen and oxygen atoms in total. The number of halogens is 4. The van der Waals surface area contributed by atoms with E-state index >= 15 is 0 Å². The molecule has 0 radical (unpaired) electrons. The van der Waals surface area contributed by atoms with Crippen molar-refractivity contribution in [1.29, 1.82) is 0 Å². The molecular weight excluding hydrogens is 408 g/mol. The summed E-state index contributed by atoms with van der Waals surface area (Å²) >= 11 is 0. The van der Waals surface area contributed by atoms with Crippen LogP contribution in [0.25, 0.3) is 0 Å². The zero-order valence-corrected chi connectivity index (χ0v) is 15.8. The van der Waals surface area contributed by atoms with Crippen molar-refractivity contribution < 1.29 is 27.2 Å². The first kappa shape index (κ1) is 19.9. The molecule has 1 aromatic carbocycles. The first-order chi connectivity index (χ1) is 14.2. The van der Waals surface area contributed by atoms with Crippen LogP contribution in [0.2, 0.25) is 0 Å². The summed E-state index contributed by atoms with van der Waals surface area (Å²) in [6, 6.07) is 1.04. The number of carbonyl (C=O) groups excluding carboxylic acids is 2. The van der Waals surface area contributed by atoms with Gasteiger partial charge in [0.15, 0.2) is 23.3 Å². The fourth-order valence-corrected chi connectivity index (χ4v) is 3.27. The highest BCUT2D eigenvalue weighted by molar-refractivity contribution is 6.02.